The van der Waals surface area contributed by atoms with Crippen molar-refractivity contribution in [3.63, 3.8) is 0 Å². The minimum absolute atomic E-state index is 0.154. The van der Waals surface area contributed by atoms with Gasteiger partial charge in [-0.3, -0.25) is 0 Å². The van der Waals surface area contributed by atoms with E-state index in [1.807, 2.05) is 32.9 Å². The smallest absolute Gasteiger partial charge is 0.223 e. The number of para-hydroxylation sites is 1. The van der Waals surface area contributed by atoms with Gasteiger partial charge < -0.3 is 14.8 Å². The average molecular weight is 299 g/mol. The van der Waals surface area contributed by atoms with Gasteiger partial charge in [0.05, 0.1) is 13.2 Å². The minimum Gasteiger partial charge on any atom is -0.493 e. The van der Waals surface area contributed by atoms with Gasteiger partial charge in [0.15, 0.2) is 11.5 Å². The Bertz CT molecular complexity index is 677. The van der Waals surface area contributed by atoms with Gasteiger partial charge in [0.2, 0.25) is 5.95 Å². The lowest BCUT2D eigenvalue weighted by atomic mass is 10.0. The molecule has 1 aliphatic heterocycles. The van der Waals surface area contributed by atoms with Gasteiger partial charge in [-0.25, -0.2) is 9.97 Å². The van der Waals surface area contributed by atoms with Crippen LogP contribution < -0.4 is 14.8 Å². The average Bonchev–Trinajstić information content (AvgIpc) is 2.51. The molecule has 5 nitrogen and oxygen atoms in total. The Labute approximate surface area is 130 Å². The molecule has 1 atom stereocenters. The molecule has 0 radical (unpaired) electrons. The normalized spacial score (nSPS) is 16.6. The van der Waals surface area contributed by atoms with Crippen molar-refractivity contribution < 1.29 is 9.47 Å². The molecule has 116 valence electrons. The van der Waals surface area contributed by atoms with Crippen LogP contribution in [0.25, 0.3) is 0 Å². The molecule has 2 heterocycles. The molecular weight excluding hydrogens is 278 g/mol. The van der Waals surface area contributed by atoms with Crippen LogP contribution in [0.2, 0.25) is 0 Å². The van der Waals surface area contributed by atoms with Gasteiger partial charge in [-0.1, -0.05) is 12.1 Å². The Morgan fingerprint density at radius 3 is 2.59 bits per heavy atom. The highest BCUT2D eigenvalue weighted by Crippen LogP contribution is 2.34. The Morgan fingerprint density at radius 2 is 1.91 bits per heavy atom. The molecule has 1 unspecified atom stereocenters. The maximum absolute atomic E-state index is 5.87. The van der Waals surface area contributed by atoms with Crippen LogP contribution in [0.1, 0.15) is 22.5 Å². The summed E-state index contributed by atoms with van der Waals surface area (Å²) in [5.41, 5.74) is 4.30. The van der Waals surface area contributed by atoms with Crippen LogP contribution in [0.15, 0.2) is 18.2 Å². The number of aromatic nitrogens is 2. The number of ether oxygens (including phenoxy) is 2. The summed E-state index contributed by atoms with van der Waals surface area (Å²) in [5.74, 6) is 2.30. The number of nitrogens with zero attached hydrogens (tertiary/aromatic N) is 2. The highest BCUT2D eigenvalue weighted by molar-refractivity contribution is 5.49. The molecule has 0 amide bonds. The first-order chi connectivity index (χ1) is 10.6. The molecule has 1 N–H and O–H groups in total. The summed E-state index contributed by atoms with van der Waals surface area (Å²) in [6, 6.07) is 6.13. The maximum atomic E-state index is 5.87. The van der Waals surface area contributed by atoms with Crippen molar-refractivity contribution in [1.82, 2.24) is 9.97 Å². The largest absolute Gasteiger partial charge is 0.493 e. The number of hydrogen-bond donors (Lipinski definition) is 1. The van der Waals surface area contributed by atoms with Crippen molar-refractivity contribution in [3.8, 4) is 11.5 Å². The number of nitrogens with one attached hydrogen (secondary N) is 1. The van der Waals surface area contributed by atoms with Crippen molar-refractivity contribution >= 4 is 5.95 Å². The van der Waals surface area contributed by atoms with Gasteiger partial charge >= 0.3 is 0 Å². The Balaban J connectivity index is 1.78. The van der Waals surface area contributed by atoms with Crippen molar-refractivity contribution in [2.75, 3.05) is 19.0 Å². The van der Waals surface area contributed by atoms with E-state index >= 15 is 0 Å². The number of benzene rings is 1. The molecule has 0 saturated carbocycles. The van der Waals surface area contributed by atoms with Crippen LogP contribution in [0.3, 0.4) is 0 Å². The van der Waals surface area contributed by atoms with E-state index in [1.54, 1.807) is 7.11 Å². The molecule has 0 aliphatic carbocycles. The maximum Gasteiger partial charge on any atom is 0.223 e. The number of fused-ring (bicyclic) bond motifs is 1. The van der Waals surface area contributed by atoms with Crippen LogP contribution in [-0.2, 0) is 6.42 Å². The Kier molecular flexibility index (Phi) is 3.88. The zero-order valence-corrected chi connectivity index (χ0v) is 13.4. The van der Waals surface area contributed by atoms with E-state index in [1.165, 1.54) is 0 Å². The van der Waals surface area contributed by atoms with Crippen molar-refractivity contribution in [2.24, 2.45) is 0 Å². The molecule has 5 heteroatoms. The lowest BCUT2D eigenvalue weighted by Gasteiger charge is -2.27. The second-order valence-corrected chi connectivity index (χ2v) is 5.65. The quantitative estimate of drug-likeness (QED) is 0.944. The molecule has 0 saturated heterocycles. The van der Waals surface area contributed by atoms with E-state index in [2.05, 4.69) is 21.4 Å². The molecule has 0 spiro atoms. The number of rotatable bonds is 3. The summed E-state index contributed by atoms with van der Waals surface area (Å²) in [5, 5.41) is 3.38. The molecule has 2 aromatic rings. The lowest BCUT2D eigenvalue weighted by molar-refractivity contribution is 0.255. The molecule has 22 heavy (non-hydrogen) atoms. The third-order valence-corrected chi connectivity index (χ3v) is 4.14. The van der Waals surface area contributed by atoms with E-state index < -0.39 is 0 Å². The fraction of sp³-hybridized carbons (Fsp3) is 0.412. The van der Waals surface area contributed by atoms with Crippen LogP contribution >= 0.6 is 0 Å². The topological polar surface area (TPSA) is 56.3 Å². The molecule has 1 aliphatic rings. The summed E-state index contributed by atoms with van der Waals surface area (Å²) in [6.45, 7) is 6.63. The van der Waals surface area contributed by atoms with Gasteiger partial charge in [-0.2, -0.15) is 0 Å². The third-order valence-electron chi connectivity index (χ3n) is 4.14. The molecule has 1 aromatic heterocycles. The summed E-state index contributed by atoms with van der Waals surface area (Å²) in [4.78, 5) is 9.03. The standard InChI is InChI=1S/C17H21N3O2/c1-10-11(2)18-17(19-12(10)3)20-14-8-13-6-5-7-15(21-4)16(13)22-9-14/h5-7,14H,8-9H2,1-4H3,(H,18,19,20). The first-order valence-corrected chi connectivity index (χ1v) is 7.45. The number of hydrogen-bond acceptors (Lipinski definition) is 5. The van der Waals surface area contributed by atoms with Gasteiger partial charge in [0, 0.05) is 17.0 Å². The summed E-state index contributed by atoms with van der Waals surface area (Å²) in [7, 11) is 1.66. The fourth-order valence-electron chi connectivity index (χ4n) is 2.67. The summed E-state index contributed by atoms with van der Waals surface area (Å²) >= 11 is 0. The monoisotopic (exact) mass is 299 g/mol. The van der Waals surface area contributed by atoms with E-state index in [-0.39, 0.29) is 6.04 Å². The zero-order chi connectivity index (χ0) is 15.7. The minimum atomic E-state index is 0.154. The Hall–Kier alpha value is -2.30. The highest BCUT2D eigenvalue weighted by Gasteiger charge is 2.23. The van der Waals surface area contributed by atoms with Crippen molar-refractivity contribution in [3.05, 3.63) is 40.7 Å². The van der Waals surface area contributed by atoms with Crippen molar-refractivity contribution in [1.29, 1.82) is 0 Å². The number of anilines is 1. The lowest BCUT2D eigenvalue weighted by Crippen LogP contribution is -2.34. The van der Waals surface area contributed by atoms with Crippen LogP contribution in [0.4, 0.5) is 5.95 Å². The van der Waals surface area contributed by atoms with Gasteiger partial charge in [0.25, 0.3) is 0 Å². The Morgan fingerprint density at radius 1 is 1.18 bits per heavy atom. The van der Waals surface area contributed by atoms with E-state index in [9.17, 15) is 0 Å². The summed E-state index contributed by atoms with van der Waals surface area (Å²) < 4.78 is 11.2. The van der Waals surface area contributed by atoms with Crippen LogP contribution in [0, 0.1) is 20.8 Å². The first-order valence-electron chi connectivity index (χ1n) is 7.45. The zero-order valence-electron chi connectivity index (χ0n) is 13.4. The first kappa shape index (κ1) is 14.6. The predicted molar refractivity (Wildman–Crippen MR) is 85.8 cm³/mol. The predicted octanol–water partition coefficient (Wildman–Crippen LogP) is 2.83. The molecule has 0 bridgehead atoms. The second-order valence-electron chi connectivity index (χ2n) is 5.65. The van der Waals surface area contributed by atoms with Crippen LogP contribution in [0.5, 0.6) is 11.5 Å². The highest BCUT2D eigenvalue weighted by atomic mass is 16.5. The van der Waals surface area contributed by atoms with E-state index in [0.717, 1.165) is 40.4 Å². The molecule has 0 fully saturated rings. The molecule has 1 aromatic carbocycles. The third kappa shape index (κ3) is 2.71. The molecular formula is C17H21N3O2. The van der Waals surface area contributed by atoms with E-state index in [4.69, 9.17) is 9.47 Å². The second kappa shape index (κ2) is 5.83. The number of methoxy groups -OCH3 is 1. The van der Waals surface area contributed by atoms with Crippen LogP contribution in [-0.4, -0.2) is 29.7 Å². The van der Waals surface area contributed by atoms with Gasteiger partial charge in [-0.15, -0.1) is 0 Å². The number of aryl methyl sites for hydroxylation is 2. The molecule has 3 rings (SSSR count). The summed E-state index contributed by atoms with van der Waals surface area (Å²) in [6.07, 6.45) is 0.863. The van der Waals surface area contributed by atoms with Crippen molar-refractivity contribution in [2.45, 2.75) is 33.2 Å². The van der Waals surface area contributed by atoms with Gasteiger partial charge in [-0.05, 0) is 38.8 Å². The SMILES string of the molecule is COc1cccc2c1OCC(Nc1nc(C)c(C)c(C)n1)C2. The van der Waals surface area contributed by atoms with Gasteiger partial charge in [0.1, 0.15) is 6.61 Å². The fourth-order valence-corrected chi connectivity index (χ4v) is 2.67. The van der Waals surface area contributed by atoms with E-state index in [0.29, 0.717) is 12.6 Å².